The van der Waals surface area contributed by atoms with Crippen molar-refractivity contribution in [2.75, 3.05) is 0 Å². The van der Waals surface area contributed by atoms with Crippen LogP contribution >= 0.6 is 43.5 Å². The molecular weight excluding hydrogens is 484 g/mol. The summed E-state index contributed by atoms with van der Waals surface area (Å²) in [7, 11) is 0. The number of allylic oxidation sites excluding steroid dienone is 10. The van der Waals surface area contributed by atoms with Crippen LogP contribution in [0.1, 0.15) is 50.0 Å². The third kappa shape index (κ3) is 4.78. The predicted molar refractivity (Wildman–Crippen MR) is 124 cm³/mol. The van der Waals surface area contributed by atoms with Gasteiger partial charge in [-0.1, -0.05) is 79.9 Å². The molecule has 0 nitrogen and oxygen atoms in total. The maximum atomic E-state index is 6.32. The van der Waals surface area contributed by atoms with Gasteiger partial charge in [-0.05, 0) is 84.6 Å². The van der Waals surface area contributed by atoms with Crippen molar-refractivity contribution < 1.29 is 0 Å². The molecule has 0 amide bonds. The summed E-state index contributed by atoms with van der Waals surface area (Å²) in [6.07, 6.45) is 18.3. The van der Waals surface area contributed by atoms with Crippen molar-refractivity contribution in [1.82, 2.24) is 0 Å². The summed E-state index contributed by atoms with van der Waals surface area (Å²) < 4.78 is 1.14. The molecule has 3 aliphatic rings. The lowest BCUT2D eigenvalue weighted by molar-refractivity contribution is 0.712. The zero-order valence-electron chi connectivity index (χ0n) is 15.2. The van der Waals surface area contributed by atoms with Gasteiger partial charge >= 0.3 is 0 Å². The molecule has 0 heterocycles. The Hall–Kier alpha value is -0.830. The van der Waals surface area contributed by atoms with Crippen molar-refractivity contribution in [2.45, 2.75) is 49.3 Å². The van der Waals surface area contributed by atoms with E-state index in [1.807, 2.05) is 0 Å². The van der Waals surface area contributed by atoms with Gasteiger partial charge in [0.25, 0.3) is 0 Å². The zero-order valence-corrected chi connectivity index (χ0v) is 19.2. The molecule has 2 unspecified atom stereocenters. The van der Waals surface area contributed by atoms with Crippen LogP contribution in [0.2, 0.25) is 0 Å². The lowest BCUT2D eigenvalue weighted by atomic mass is 9.78. The van der Waals surface area contributed by atoms with Crippen molar-refractivity contribution in [3.8, 4) is 0 Å². The smallest absolute Gasteiger partial charge is 0.0369 e. The summed E-state index contributed by atoms with van der Waals surface area (Å²) in [5, 5.41) is 0.870. The quantitative estimate of drug-likeness (QED) is 0.361. The fourth-order valence-electron chi connectivity index (χ4n) is 4.20. The van der Waals surface area contributed by atoms with Crippen LogP contribution in [0.3, 0.4) is 0 Å². The lowest BCUT2D eigenvalue weighted by Crippen LogP contribution is -2.12. The third-order valence-electron chi connectivity index (χ3n) is 5.59. The number of alkyl halides is 1. The molecule has 0 fully saturated rings. The van der Waals surface area contributed by atoms with Crippen molar-refractivity contribution >= 4 is 43.5 Å². The van der Waals surface area contributed by atoms with E-state index in [0.717, 1.165) is 35.2 Å². The van der Waals surface area contributed by atoms with Crippen LogP contribution < -0.4 is 0 Å². The van der Waals surface area contributed by atoms with Crippen LogP contribution in [0.25, 0.3) is 0 Å². The first-order chi connectivity index (χ1) is 13.1. The SMILES string of the molecule is ClC1=CCCC(C2=CC(c3cccc(Br)c3)CC(C3=CCCC(Br)C3)=C2)=C1. The van der Waals surface area contributed by atoms with Gasteiger partial charge in [0.2, 0.25) is 0 Å². The van der Waals surface area contributed by atoms with E-state index in [2.05, 4.69) is 86.5 Å². The molecule has 0 bridgehead atoms. The highest BCUT2D eigenvalue weighted by molar-refractivity contribution is 9.10. The molecule has 1 aromatic carbocycles. The van der Waals surface area contributed by atoms with E-state index in [1.165, 1.54) is 40.7 Å². The van der Waals surface area contributed by atoms with E-state index < -0.39 is 0 Å². The van der Waals surface area contributed by atoms with Gasteiger partial charge < -0.3 is 0 Å². The van der Waals surface area contributed by atoms with Gasteiger partial charge in [-0.3, -0.25) is 0 Å². The number of rotatable bonds is 3. The third-order valence-corrected chi connectivity index (χ3v) is 7.13. The largest absolute Gasteiger partial charge is 0.0887 e. The highest BCUT2D eigenvalue weighted by Gasteiger charge is 2.24. The standard InChI is InChI=1S/C24H23Br2Cl/c25-22-7-1-4-16(13-22)19-10-20(17-5-2-8-23(26)14-17)12-21(11-19)18-6-3-9-24(27)15-18/h1,4-5,7,9,11-13,15,19,23H,2-3,6,8,10,14H2. The van der Waals surface area contributed by atoms with Gasteiger partial charge in [-0.25, -0.2) is 0 Å². The summed E-state index contributed by atoms with van der Waals surface area (Å²) in [5.41, 5.74) is 7.11. The molecule has 0 radical (unpaired) electrons. The minimum atomic E-state index is 0.402. The second-order valence-electron chi connectivity index (χ2n) is 7.56. The molecule has 140 valence electrons. The highest BCUT2D eigenvalue weighted by atomic mass is 79.9. The number of hydrogen-bond acceptors (Lipinski definition) is 0. The molecule has 4 rings (SSSR count). The lowest BCUT2D eigenvalue weighted by Gasteiger charge is -2.28. The van der Waals surface area contributed by atoms with E-state index >= 15 is 0 Å². The second-order valence-corrected chi connectivity index (χ2v) is 10.2. The molecule has 0 aliphatic heterocycles. The molecule has 3 heteroatoms. The summed E-state index contributed by atoms with van der Waals surface area (Å²) in [6, 6.07) is 8.74. The minimum absolute atomic E-state index is 0.402. The maximum absolute atomic E-state index is 6.32. The average molecular weight is 507 g/mol. The van der Waals surface area contributed by atoms with Gasteiger partial charge in [0, 0.05) is 20.3 Å². The number of hydrogen-bond donors (Lipinski definition) is 0. The van der Waals surface area contributed by atoms with E-state index in [1.54, 1.807) is 0 Å². The molecule has 0 aromatic heterocycles. The molecule has 27 heavy (non-hydrogen) atoms. The number of benzene rings is 1. The van der Waals surface area contributed by atoms with Crippen LogP contribution in [-0.4, -0.2) is 4.83 Å². The van der Waals surface area contributed by atoms with Crippen LogP contribution in [0.5, 0.6) is 0 Å². The van der Waals surface area contributed by atoms with Crippen molar-refractivity contribution in [3.05, 3.63) is 92.0 Å². The second kappa shape index (κ2) is 8.68. The van der Waals surface area contributed by atoms with Crippen LogP contribution in [0.15, 0.2) is 86.4 Å². The van der Waals surface area contributed by atoms with E-state index in [-0.39, 0.29) is 0 Å². The van der Waals surface area contributed by atoms with Crippen LogP contribution in [0.4, 0.5) is 0 Å². The van der Waals surface area contributed by atoms with E-state index in [4.69, 9.17) is 11.6 Å². The van der Waals surface area contributed by atoms with Crippen LogP contribution in [0, 0.1) is 0 Å². The highest BCUT2D eigenvalue weighted by Crippen LogP contribution is 2.41. The molecule has 1 aromatic rings. The average Bonchev–Trinajstić information content (AvgIpc) is 2.68. The van der Waals surface area contributed by atoms with E-state index in [9.17, 15) is 0 Å². The Morgan fingerprint density at radius 1 is 0.963 bits per heavy atom. The Morgan fingerprint density at radius 2 is 1.85 bits per heavy atom. The molecule has 0 saturated carbocycles. The Kier molecular flexibility index (Phi) is 6.26. The summed E-state index contributed by atoms with van der Waals surface area (Å²) >= 11 is 13.8. The molecule has 2 atom stereocenters. The zero-order chi connectivity index (χ0) is 18.8. The Balaban J connectivity index is 1.73. The molecule has 0 N–H and O–H groups in total. The molecule has 0 spiro atoms. The first-order valence-corrected chi connectivity index (χ1v) is 11.7. The fourth-order valence-corrected chi connectivity index (χ4v) is 5.47. The van der Waals surface area contributed by atoms with Crippen LogP contribution in [-0.2, 0) is 0 Å². The first kappa shape index (κ1) is 19.5. The topological polar surface area (TPSA) is 0 Å². The normalized spacial score (nSPS) is 25.8. The van der Waals surface area contributed by atoms with E-state index in [0.29, 0.717) is 10.7 Å². The molecular formula is C24H23Br2Cl. The Labute approximate surface area is 184 Å². The summed E-state index contributed by atoms with van der Waals surface area (Å²) in [6.45, 7) is 0. The van der Waals surface area contributed by atoms with Gasteiger partial charge in [-0.15, -0.1) is 0 Å². The van der Waals surface area contributed by atoms with Gasteiger partial charge in [0.05, 0.1) is 0 Å². The van der Waals surface area contributed by atoms with Crippen molar-refractivity contribution in [3.63, 3.8) is 0 Å². The van der Waals surface area contributed by atoms with Gasteiger partial charge in [-0.2, -0.15) is 0 Å². The maximum Gasteiger partial charge on any atom is 0.0369 e. The Morgan fingerprint density at radius 3 is 2.63 bits per heavy atom. The first-order valence-electron chi connectivity index (χ1n) is 9.66. The van der Waals surface area contributed by atoms with Gasteiger partial charge in [0.1, 0.15) is 0 Å². The Bertz CT molecular complexity index is 885. The summed E-state index contributed by atoms with van der Waals surface area (Å²) in [4.78, 5) is 0.600. The molecule has 3 aliphatic carbocycles. The minimum Gasteiger partial charge on any atom is -0.0887 e. The van der Waals surface area contributed by atoms with Crippen molar-refractivity contribution in [2.24, 2.45) is 0 Å². The fraction of sp³-hybridized carbons (Fsp3) is 0.333. The molecule has 0 saturated heterocycles. The monoisotopic (exact) mass is 504 g/mol. The predicted octanol–water partition coefficient (Wildman–Crippen LogP) is 8.51. The van der Waals surface area contributed by atoms with Gasteiger partial charge in [0.15, 0.2) is 0 Å². The number of halogens is 3. The summed E-state index contributed by atoms with van der Waals surface area (Å²) in [5.74, 6) is 0.402. The van der Waals surface area contributed by atoms with Crippen molar-refractivity contribution in [1.29, 1.82) is 0 Å².